The van der Waals surface area contributed by atoms with Gasteiger partial charge in [0.05, 0.1) is 33.4 Å². The van der Waals surface area contributed by atoms with E-state index in [1.807, 2.05) is 0 Å². The lowest BCUT2D eigenvalue weighted by Gasteiger charge is -2.18. The summed E-state index contributed by atoms with van der Waals surface area (Å²) in [5, 5.41) is 9.36. The van der Waals surface area contributed by atoms with Gasteiger partial charge in [0.15, 0.2) is 9.84 Å². The molecule has 0 saturated heterocycles. The number of fused-ring (bicyclic) bond motifs is 1. The highest BCUT2D eigenvalue weighted by atomic mass is 32.2. The number of halogens is 3. The first kappa shape index (κ1) is 20.9. The Bertz CT molecular complexity index is 1240. The van der Waals surface area contributed by atoms with Crippen molar-refractivity contribution in [1.82, 2.24) is 9.38 Å². The first-order valence-corrected chi connectivity index (χ1v) is 10.4. The Morgan fingerprint density at radius 1 is 1.14 bits per heavy atom. The molecule has 0 fully saturated rings. The third-order valence-electron chi connectivity index (χ3n) is 4.76. The molecule has 0 aliphatic rings. The number of pyridine rings is 1. The van der Waals surface area contributed by atoms with Gasteiger partial charge in [-0.1, -0.05) is 19.1 Å². The molecule has 3 rings (SSSR count). The Morgan fingerprint density at radius 3 is 2.41 bits per heavy atom. The summed E-state index contributed by atoms with van der Waals surface area (Å²) < 4.78 is 65.7. The molecule has 2 aromatic heterocycles. The van der Waals surface area contributed by atoms with Gasteiger partial charge in [-0.05, 0) is 37.6 Å². The van der Waals surface area contributed by atoms with Crippen molar-refractivity contribution in [2.24, 2.45) is 0 Å². The number of rotatable bonds is 4. The maximum absolute atomic E-state index is 13.0. The summed E-state index contributed by atoms with van der Waals surface area (Å²) in [6, 6.07) is 8.60. The van der Waals surface area contributed by atoms with E-state index < -0.39 is 27.0 Å². The minimum atomic E-state index is -4.50. The smallest absolute Gasteiger partial charge is 0.306 e. The fourth-order valence-corrected chi connectivity index (χ4v) is 4.01. The predicted molar refractivity (Wildman–Crippen MR) is 102 cm³/mol. The molecule has 0 amide bonds. The summed E-state index contributed by atoms with van der Waals surface area (Å²) in [5.41, 5.74) is -0.652. The zero-order valence-electron chi connectivity index (χ0n) is 15.9. The van der Waals surface area contributed by atoms with E-state index in [-0.39, 0.29) is 27.6 Å². The summed E-state index contributed by atoms with van der Waals surface area (Å²) in [6.07, 6.45) is -1.79. The lowest BCUT2D eigenvalue weighted by Crippen LogP contribution is -2.15. The highest BCUT2D eigenvalue weighted by Gasteiger charge is 2.31. The normalized spacial score (nSPS) is 12.9. The topological polar surface area (TPSA) is 75.2 Å². The van der Waals surface area contributed by atoms with E-state index in [0.717, 1.165) is 12.1 Å². The Balaban J connectivity index is 2.24. The molecule has 0 spiro atoms. The zero-order valence-corrected chi connectivity index (χ0v) is 16.8. The van der Waals surface area contributed by atoms with Crippen LogP contribution in [0.4, 0.5) is 13.2 Å². The van der Waals surface area contributed by atoms with Gasteiger partial charge in [0.25, 0.3) is 0 Å². The number of imidazole rings is 1. The molecule has 0 aliphatic carbocycles. The van der Waals surface area contributed by atoms with Crippen LogP contribution in [0.15, 0.2) is 47.6 Å². The second-order valence-corrected chi connectivity index (χ2v) is 9.40. The first-order chi connectivity index (χ1) is 13.4. The molecule has 29 heavy (non-hydrogen) atoms. The lowest BCUT2D eigenvalue weighted by atomic mass is 9.86. The van der Waals surface area contributed by atoms with Gasteiger partial charge in [0.2, 0.25) is 0 Å². The monoisotopic (exact) mass is 421 g/mol. The second-order valence-electron chi connectivity index (χ2n) is 7.16. The molecule has 0 N–H and O–H groups in total. The van der Waals surface area contributed by atoms with Crippen molar-refractivity contribution in [2.75, 3.05) is 5.75 Å². The molecular weight excluding hydrogens is 403 g/mol. The fraction of sp³-hybridized carbons (Fsp3) is 0.300. The molecule has 2 heterocycles. The largest absolute Gasteiger partial charge is 0.416 e. The number of aromatic nitrogens is 2. The minimum Gasteiger partial charge on any atom is -0.306 e. The van der Waals surface area contributed by atoms with Gasteiger partial charge in [-0.3, -0.25) is 0 Å². The van der Waals surface area contributed by atoms with Crippen molar-refractivity contribution in [3.8, 4) is 17.3 Å². The molecule has 0 saturated carbocycles. The number of hydrogen-bond acceptors (Lipinski definition) is 4. The third-order valence-corrected chi connectivity index (χ3v) is 6.53. The molecule has 0 bridgehead atoms. The average Bonchev–Trinajstić information content (AvgIpc) is 3.10. The zero-order chi connectivity index (χ0) is 21.6. The number of hydrogen-bond donors (Lipinski definition) is 0. The SMILES string of the molecule is CCS(=O)(=O)c1cc(C(C)(C)C#N)ccc1-c1cn2ccc(C(F)(F)F)cc2n1. The summed E-state index contributed by atoms with van der Waals surface area (Å²) >= 11 is 0. The molecule has 0 radical (unpaired) electrons. The van der Waals surface area contributed by atoms with Crippen LogP contribution in [0, 0.1) is 11.3 Å². The molecule has 0 atom stereocenters. The summed E-state index contributed by atoms with van der Waals surface area (Å²) in [4.78, 5) is 4.21. The second kappa shape index (κ2) is 6.88. The highest BCUT2D eigenvalue weighted by Crippen LogP contribution is 2.34. The summed E-state index contributed by atoms with van der Waals surface area (Å²) in [6.45, 7) is 4.85. The molecule has 3 aromatic rings. The van der Waals surface area contributed by atoms with Crippen molar-refractivity contribution < 1.29 is 21.6 Å². The molecule has 9 heteroatoms. The maximum atomic E-state index is 13.0. The van der Waals surface area contributed by atoms with Gasteiger partial charge in [-0.15, -0.1) is 0 Å². The van der Waals surface area contributed by atoms with Crippen LogP contribution < -0.4 is 0 Å². The molecular formula is C20H18F3N3O2S. The van der Waals surface area contributed by atoms with Crippen LogP contribution in [-0.4, -0.2) is 23.6 Å². The standard InChI is InChI=1S/C20H18F3N3O2S/c1-4-29(27,28)17-9-13(19(2,3)12-24)5-6-15(17)16-11-26-8-7-14(20(21,22)23)10-18(26)25-16/h5-11H,4H2,1-3H3. The number of alkyl halides is 3. The summed E-state index contributed by atoms with van der Waals surface area (Å²) in [5.74, 6) is -0.165. The van der Waals surface area contributed by atoms with Crippen LogP contribution in [0.25, 0.3) is 16.9 Å². The van der Waals surface area contributed by atoms with Crippen LogP contribution >= 0.6 is 0 Å². The van der Waals surface area contributed by atoms with Crippen molar-refractivity contribution >= 4 is 15.5 Å². The van der Waals surface area contributed by atoms with Gasteiger partial charge >= 0.3 is 6.18 Å². The van der Waals surface area contributed by atoms with E-state index in [0.29, 0.717) is 5.56 Å². The van der Waals surface area contributed by atoms with Gasteiger partial charge < -0.3 is 4.40 Å². The van der Waals surface area contributed by atoms with Crippen LogP contribution in [0.3, 0.4) is 0 Å². The average molecular weight is 421 g/mol. The van der Waals surface area contributed by atoms with E-state index in [4.69, 9.17) is 0 Å². The van der Waals surface area contributed by atoms with E-state index in [2.05, 4.69) is 11.1 Å². The molecule has 5 nitrogen and oxygen atoms in total. The van der Waals surface area contributed by atoms with Crippen LogP contribution in [0.2, 0.25) is 0 Å². The maximum Gasteiger partial charge on any atom is 0.416 e. The predicted octanol–water partition coefficient (Wildman–Crippen LogP) is 4.61. The van der Waals surface area contributed by atoms with Gasteiger partial charge in [0, 0.05) is 18.0 Å². The number of sulfone groups is 1. The molecule has 0 unspecified atom stereocenters. The van der Waals surface area contributed by atoms with Crippen LogP contribution in [0.1, 0.15) is 31.9 Å². The molecule has 152 valence electrons. The van der Waals surface area contributed by atoms with Crippen molar-refractivity contribution in [3.05, 3.63) is 53.9 Å². The van der Waals surface area contributed by atoms with Crippen LogP contribution in [0.5, 0.6) is 0 Å². The van der Waals surface area contributed by atoms with Crippen molar-refractivity contribution in [2.45, 2.75) is 37.3 Å². The highest BCUT2D eigenvalue weighted by molar-refractivity contribution is 7.91. The quantitative estimate of drug-likeness (QED) is 0.616. The Hall–Kier alpha value is -2.86. The third kappa shape index (κ3) is 3.85. The molecule has 0 aliphatic heterocycles. The van der Waals surface area contributed by atoms with Crippen molar-refractivity contribution in [3.63, 3.8) is 0 Å². The number of benzene rings is 1. The van der Waals surface area contributed by atoms with Gasteiger partial charge in [-0.25, -0.2) is 13.4 Å². The fourth-order valence-electron chi connectivity index (χ4n) is 2.89. The van der Waals surface area contributed by atoms with E-state index in [9.17, 15) is 26.9 Å². The van der Waals surface area contributed by atoms with Crippen LogP contribution in [-0.2, 0) is 21.4 Å². The number of nitrogens with zero attached hydrogens (tertiary/aromatic N) is 3. The van der Waals surface area contributed by atoms with Gasteiger partial charge in [0.1, 0.15) is 5.65 Å². The van der Waals surface area contributed by atoms with E-state index >= 15 is 0 Å². The summed E-state index contributed by atoms with van der Waals surface area (Å²) in [7, 11) is -3.68. The Morgan fingerprint density at radius 2 is 1.83 bits per heavy atom. The lowest BCUT2D eigenvalue weighted by molar-refractivity contribution is -0.137. The Kier molecular flexibility index (Phi) is 4.95. The Labute approximate surface area is 166 Å². The van der Waals surface area contributed by atoms with E-state index in [1.165, 1.54) is 29.8 Å². The minimum absolute atomic E-state index is 0.000256. The first-order valence-electron chi connectivity index (χ1n) is 8.74. The number of nitriles is 1. The van der Waals surface area contributed by atoms with E-state index in [1.54, 1.807) is 26.0 Å². The van der Waals surface area contributed by atoms with Crippen molar-refractivity contribution in [1.29, 1.82) is 5.26 Å². The van der Waals surface area contributed by atoms with Gasteiger partial charge in [-0.2, -0.15) is 18.4 Å². The molecule has 1 aromatic carbocycles.